The smallest absolute Gasteiger partial charge is 0.390 e. The summed E-state index contributed by atoms with van der Waals surface area (Å²) >= 11 is 0. The van der Waals surface area contributed by atoms with E-state index in [1.54, 1.807) is 24.3 Å². The molecular weight excluding hydrogens is 597 g/mol. The Morgan fingerprint density at radius 2 is 1.53 bits per heavy atom. The van der Waals surface area contributed by atoms with Crippen molar-refractivity contribution in [3.63, 3.8) is 0 Å². The second-order valence-corrected chi connectivity index (χ2v) is 19.3. The molecule has 0 radical (unpaired) electrons. The summed E-state index contributed by atoms with van der Waals surface area (Å²) in [6, 6.07) is 8.71. The van der Waals surface area contributed by atoms with Crippen LogP contribution in [0.15, 0.2) is 46.9 Å². The molecule has 7 unspecified atom stereocenters. The number of halogens is 3. The van der Waals surface area contributed by atoms with Crippen LogP contribution in [-0.2, 0) is 9.84 Å². The molecule has 0 spiro atoms. The van der Waals surface area contributed by atoms with Gasteiger partial charge in [0.15, 0.2) is 15.4 Å². The number of aliphatic hydroxyl groups is 2. The van der Waals surface area contributed by atoms with Gasteiger partial charge in [0, 0.05) is 6.42 Å². The van der Waals surface area contributed by atoms with Crippen molar-refractivity contribution >= 4 is 9.84 Å². The van der Waals surface area contributed by atoms with Crippen molar-refractivity contribution in [2.45, 2.75) is 145 Å². The second kappa shape index (κ2) is 11.1. The molecule has 0 bridgehead atoms. The van der Waals surface area contributed by atoms with Crippen LogP contribution >= 0.6 is 0 Å². The Kier molecular flexibility index (Phi) is 8.25. The summed E-state index contributed by atoms with van der Waals surface area (Å²) in [5.41, 5.74) is -3.07. The van der Waals surface area contributed by atoms with Gasteiger partial charge in [0.1, 0.15) is 0 Å². The lowest BCUT2D eigenvalue weighted by atomic mass is 9.46. The molecule has 5 aliphatic carbocycles. The number of hydrogen-bond acceptors (Lipinski definition) is 4. The molecule has 4 saturated carbocycles. The molecule has 1 aromatic carbocycles. The number of fused-ring (bicyclic) bond motifs is 5. The molecule has 2 N–H and O–H groups in total. The predicted octanol–water partition coefficient (Wildman–Crippen LogP) is 8.81. The molecular formula is C37H53F3O4S. The normalized spacial score (nSPS) is 40.1. The zero-order valence-corrected chi connectivity index (χ0v) is 28.3. The van der Waals surface area contributed by atoms with Gasteiger partial charge in [-0.15, -0.1) is 0 Å². The summed E-state index contributed by atoms with van der Waals surface area (Å²) in [6.45, 7) is 8.91. The fraction of sp³-hybridized carbons (Fsp3) is 0.784. The van der Waals surface area contributed by atoms with Crippen LogP contribution in [0.4, 0.5) is 13.2 Å². The van der Waals surface area contributed by atoms with Crippen LogP contribution in [0.5, 0.6) is 0 Å². The number of alkyl halides is 3. The lowest BCUT2D eigenvalue weighted by molar-refractivity contribution is -0.271. The molecule has 5 aliphatic rings. The van der Waals surface area contributed by atoms with Gasteiger partial charge in [0.2, 0.25) is 0 Å². The van der Waals surface area contributed by atoms with E-state index in [0.717, 1.165) is 50.5 Å². The Bertz CT molecular complexity index is 1390. The summed E-state index contributed by atoms with van der Waals surface area (Å²) in [5.74, 6) is 1.23. The minimum absolute atomic E-state index is 0.0497. The van der Waals surface area contributed by atoms with E-state index >= 15 is 0 Å². The first-order valence-corrected chi connectivity index (χ1v) is 18.9. The summed E-state index contributed by atoms with van der Waals surface area (Å²) in [5, 5.41) is 21.7. The highest BCUT2D eigenvalue weighted by Gasteiger charge is 2.63. The molecule has 6 rings (SSSR count). The highest BCUT2D eigenvalue weighted by Crippen LogP contribution is 2.68. The van der Waals surface area contributed by atoms with Crippen molar-refractivity contribution in [2.75, 3.05) is 0 Å². The molecule has 0 aliphatic heterocycles. The van der Waals surface area contributed by atoms with Crippen molar-refractivity contribution in [2.24, 2.45) is 39.9 Å². The van der Waals surface area contributed by atoms with Gasteiger partial charge >= 0.3 is 6.18 Å². The van der Waals surface area contributed by atoms with Crippen LogP contribution in [-0.4, -0.2) is 41.3 Å². The third-order valence-electron chi connectivity index (χ3n) is 14.1. The summed E-state index contributed by atoms with van der Waals surface area (Å²) in [6.07, 6.45) is 5.48. The van der Waals surface area contributed by atoms with Crippen molar-refractivity contribution in [1.29, 1.82) is 0 Å². The van der Waals surface area contributed by atoms with Gasteiger partial charge in [-0.25, -0.2) is 8.42 Å². The van der Waals surface area contributed by atoms with E-state index in [9.17, 15) is 31.8 Å². The monoisotopic (exact) mass is 650 g/mol. The Hall–Kier alpha value is -1.38. The number of sulfone groups is 1. The first-order chi connectivity index (χ1) is 20.8. The standard InChI is InChI=1S/C37H53F3O4S/c1-32(2)16-19-35(41,20-17-32)24-28(45(43,44)27-8-6-5-7-9-27)22-25-11-13-30-29-12-10-26-23-36(42,37(38,39)40)21-18-34(26,4)31(29)14-15-33(25,30)3/h5-10,25,28-31,41-42H,11-24H2,1-4H3/t25-,28?,29?,30?,31?,33?,34?,36?/m1/s1. The van der Waals surface area contributed by atoms with Crippen LogP contribution < -0.4 is 0 Å². The molecule has 45 heavy (non-hydrogen) atoms. The van der Waals surface area contributed by atoms with Gasteiger partial charge in [-0.1, -0.05) is 57.5 Å². The fourth-order valence-electron chi connectivity index (χ4n) is 10.8. The van der Waals surface area contributed by atoms with E-state index < -0.39 is 32.5 Å². The Morgan fingerprint density at radius 3 is 2.18 bits per heavy atom. The van der Waals surface area contributed by atoms with Crippen molar-refractivity contribution in [3.8, 4) is 0 Å². The van der Waals surface area contributed by atoms with Crippen molar-refractivity contribution < 1.29 is 31.8 Å². The van der Waals surface area contributed by atoms with E-state index in [0.29, 0.717) is 42.4 Å². The molecule has 0 amide bonds. The van der Waals surface area contributed by atoms with Crippen LogP contribution in [0.3, 0.4) is 0 Å². The number of hydrogen-bond donors (Lipinski definition) is 2. The Balaban J connectivity index is 1.25. The van der Waals surface area contributed by atoms with Gasteiger partial charge < -0.3 is 10.2 Å². The third-order valence-corrected chi connectivity index (χ3v) is 16.3. The topological polar surface area (TPSA) is 74.6 Å². The zero-order valence-electron chi connectivity index (χ0n) is 27.5. The minimum atomic E-state index is -4.63. The van der Waals surface area contributed by atoms with Gasteiger partial charge in [-0.05, 0) is 136 Å². The average molecular weight is 651 g/mol. The number of allylic oxidation sites excluding steroid dienone is 1. The van der Waals surface area contributed by atoms with E-state index in [1.807, 2.05) is 12.1 Å². The first kappa shape index (κ1) is 33.5. The number of benzene rings is 1. The zero-order chi connectivity index (χ0) is 32.7. The molecule has 0 heterocycles. The lowest BCUT2D eigenvalue weighted by Gasteiger charge is -2.59. The maximum absolute atomic E-state index is 14.3. The highest BCUT2D eigenvalue weighted by molar-refractivity contribution is 7.92. The van der Waals surface area contributed by atoms with E-state index in [-0.39, 0.29) is 47.3 Å². The van der Waals surface area contributed by atoms with Gasteiger partial charge in [0.25, 0.3) is 0 Å². The largest absolute Gasteiger partial charge is 0.417 e. The van der Waals surface area contributed by atoms with Crippen LogP contribution in [0.1, 0.15) is 118 Å². The molecule has 1 aromatic rings. The molecule has 8 atom stereocenters. The maximum Gasteiger partial charge on any atom is 0.417 e. The van der Waals surface area contributed by atoms with Gasteiger partial charge in [-0.3, -0.25) is 0 Å². The van der Waals surface area contributed by atoms with Gasteiger partial charge in [-0.2, -0.15) is 13.2 Å². The van der Waals surface area contributed by atoms with Crippen LogP contribution in [0.25, 0.3) is 0 Å². The lowest BCUT2D eigenvalue weighted by Crippen LogP contribution is -2.55. The summed E-state index contributed by atoms with van der Waals surface area (Å²) in [4.78, 5) is 0.326. The molecule has 0 aromatic heterocycles. The van der Waals surface area contributed by atoms with Crippen LogP contribution in [0, 0.1) is 39.9 Å². The van der Waals surface area contributed by atoms with Crippen LogP contribution in [0.2, 0.25) is 0 Å². The van der Waals surface area contributed by atoms with E-state index in [1.165, 1.54) is 0 Å². The fourth-order valence-corrected chi connectivity index (χ4v) is 12.8. The van der Waals surface area contributed by atoms with Crippen molar-refractivity contribution in [1.82, 2.24) is 0 Å². The predicted molar refractivity (Wildman–Crippen MR) is 170 cm³/mol. The Morgan fingerprint density at radius 1 is 0.867 bits per heavy atom. The SMILES string of the molecule is CC1(C)CCC(O)(CC(C[C@H]2CCC3C4CC=C5CC(O)(C(F)(F)F)CCC5(C)C4CCC32C)S(=O)(=O)c2ccccc2)CC1. The van der Waals surface area contributed by atoms with Gasteiger partial charge in [0.05, 0.1) is 15.7 Å². The first-order valence-electron chi connectivity index (χ1n) is 17.3. The molecule has 0 saturated heterocycles. The summed E-state index contributed by atoms with van der Waals surface area (Å²) < 4.78 is 69.9. The minimum Gasteiger partial charge on any atom is -0.390 e. The second-order valence-electron chi connectivity index (χ2n) is 17.1. The molecule has 8 heteroatoms. The quantitative estimate of drug-likeness (QED) is 0.302. The van der Waals surface area contributed by atoms with Crippen molar-refractivity contribution in [3.05, 3.63) is 42.0 Å². The molecule has 252 valence electrons. The highest BCUT2D eigenvalue weighted by atomic mass is 32.2. The third kappa shape index (κ3) is 5.75. The van der Waals surface area contributed by atoms with E-state index in [2.05, 4.69) is 27.7 Å². The number of rotatable bonds is 6. The maximum atomic E-state index is 14.3. The van der Waals surface area contributed by atoms with E-state index in [4.69, 9.17) is 0 Å². The average Bonchev–Trinajstić information content (AvgIpc) is 3.31. The summed E-state index contributed by atoms with van der Waals surface area (Å²) in [7, 11) is -3.68. The molecule has 4 nitrogen and oxygen atoms in total. The Labute approximate surface area is 268 Å². The molecule has 4 fully saturated rings.